The molecule has 1 atom stereocenters. The van der Waals surface area contributed by atoms with Crippen molar-refractivity contribution in [2.45, 2.75) is 32.7 Å². The summed E-state index contributed by atoms with van der Waals surface area (Å²) in [6, 6.07) is 2.44. The number of nitrogens with one attached hydrogen (secondary N) is 1. The maximum atomic E-state index is 5.43. The maximum absolute atomic E-state index is 5.43. The average Bonchev–Trinajstić information content (AvgIpc) is 2.91. The van der Waals surface area contributed by atoms with E-state index in [2.05, 4.69) is 41.1 Å². The van der Waals surface area contributed by atoms with Gasteiger partial charge in [-0.05, 0) is 13.3 Å². The predicted octanol–water partition coefficient (Wildman–Crippen LogP) is 1.70. The standard InChI is InChI=1S/C13H22N4O/c1-4-11-15-12(14-5-2)8-13(16-11)17(3)10-6-7-18-9-10/h8,10H,4-7,9H2,1-3H3,(H,14,15,16). The van der Waals surface area contributed by atoms with Crippen molar-refractivity contribution < 1.29 is 4.74 Å². The van der Waals surface area contributed by atoms with E-state index in [4.69, 9.17) is 4.74 Å². The van der Waals surface area contributed by atoms with Gasteiger partial charge in [0.05, 0.1) is 12.6 Å². The molecule has 0 amide bonds. The van der Waals surface area contributed by atoms with Crippen LogP contribution in [0.4, 0.5) is 11.6 Å². The van der Waals surface area contributed by atoms with Crippen molar-refractivity contribution in [3.05, 3.63) is 11.9 Å². The molecule has 1 aliphatic heterocycles. The molecule has 2 rings (SSSR count). The summed E-state index contributed by atoms with van der Waals surface area (Å²) in [7, 11) is 2.08. The lowest BCUT2D eigenvalue weighted by Gasteiger charge is -2.25. The third-order valence-corrected chi connectivity index (χ3v) is 3.25. The van der Waals surface area contributed by atoms with Gasteiger partial charge in [0.15, 0.2) is 0 Å². The third kappa shape index (κ3) is 2.90. The fraction of sp³-hybridized carbons (Fsp3) is 0.692. The van der Waals surface area contributed by atoms with Gasteiger partial charge in [0, 0.05) is 32.7 Å². The average molecular weight is 250 g/mol. The lowest BCUT2D eigenvalue weighted by molar-refractivity contribution is 0.193. The minimum absolute atomic E-state index is 0.430. The number of aromatic nitrogens is 2. The molecule has 1 fully saturated rings. The summed E-state index contributed by atoms with van der Waals surface area (Å²) >= 11 is 0. The number of hydrogen-bond acceptors (Lipinski definition) is 5. The largest absolute Gasteiger partial charge is 0.379 e. The molecule has 100 valence electrons. The highest BCUT2D eigenvalue weighted by atomic mass is 16.5. The Morgan fingerprint density at radius 3 is 2.89 bits per heavy atom. The maximum Gasteiger partial charge on any atom is 0.134 e. The highest BCUT2D eigenvalue weighted by Gasteiger charge is 2.22. The molecular weight excluding hydrogens is 228 g/mol. The summed E-state index contributed by atoms with van der Waals surface area (Å²) in [6.45, 7) is 6.66. The zero-order valence-electron chi connectivity index (χ0n) is 11.4. The number of ether oxygens (including phenoxy) is 1. The first-order valence-corrected chi connectivity index (χ1v) is 6.67. The van der Waals surface area contributed by atoms with E-state index in [1.165, 1.54) is 0 Å². The zero-order valence-corrected chi connectivity index (χ0v) is 11.4. The Balaban J connectivity index is 2.21. The van der Waals surface area contributed by atoms with Crippen LogP contribution in [0.2, 0.25) is 0 Å². The summed E-state index contributed by atoms with van der Waals surface area (Å²) in [5, 5.41) is 3.26. The fourth-order valence-corrected chi connectivity index (χ4v) is 2.11. The van der Waals surface area contributed by atoms with Crippen molar-refractivity contribution in [1.82, 2.24) is 9.97 Å². The molecule has 0 aliphatic carbocycles. The molecule has 1 aliphatic rings. The van der Waals surface area contributed by atoms with E-state index in [1.807, 2.05) is 6.07 Å². The van der Waals surface area contributed by atoms with Gasteiger partial charge in [-0.1, -0.05) is 6.92 Å². The van der Waals surface area contributed by atoms with Crippen molar-refractivity contribution in [1.29, 1.82) is 0 Å². The molecule has 0 bridgehead atoms. The first-order valence-electron chi connectivity index (χ1n) is 6.67. The molecule has 5 nitrogen and oxygen atoms in total. The van der Waals surface area contributed by atoms with E-state index in [1.54, 1.807) is 0 Å². The second kappa shape index (κ2) is 6.00. The molecule has 2 heterocycles. The Morgan fingerprint density at radius 1 is 1.44 bits per heavy atom. The minimum atomic E-state index is 0.430. The van der Waals surface area contributed by atoms with E-state index in [0.29, 0.717) is 6.04 Å². The lowest BCUT2D eigenvalue weighted by atomic mass is 10.2. The quantitative estimate of drug-likeness (QED) is 0.862. The Labute approximate surface area is 109 Å². The van der Waals surface area contributed by atoms with Gasteiger partial charge in [0.25, 0.3) is 0 Å². The van der Waals surface area contributed by atoms with Gasteiger partial charge in [-0.15, -0.1) is 0 Å². The summed E-state index contributed by atoms with van der Waals surface area (Å²) in [4.78, 5) is 11.3. The highest BCUT2D eigenvalue weighted by molar-refractivity contribution is 5.49. The van der Waals surface area contributed by atoms with E-state index in [-0.39, 0.29) is 0 Å². The van der Waals surface area contributed by atoms with E-state index in [0.717, 1.165) is 50.1 Å². The van der Waals surface area contributed by atoms with Crippen LogP contribution in [0.3, 0.4) is 0 Å². The van der Waals surface area contributed by atoms with Crippen LogP contribution >= 0.6 is 0 Å². The van der Waals surface area contributed by atoms with Gasteiger partial charge < -0.3 is 15.0 Å². The smallest absolute Gasteiger partial charge is 0.134 e. The molecule has 18 heavy (non-hydrogen) atoms. The second-order valence-electron chi connectivity index (χ2n) is 4.54. The van der Waals surface area contributed by atoms with E-state index in [9.17, 15) is 0 Å². The summed E-state index contributed by atoms with van der Waals surface area (Å²) in [6.07, 6.45) is 1.92. The number of likely N-dealkylation sites (N-methyl/N-ethyl adjacent to an activating group) is 1. The summed E-state index contributed by atoms with van der Waals surface area (Å²) in [5.74, 6) is 2.77. The Hall–Kier alpha value is -1.36. The number of nitrogens with zero attached hydrogens (tertiary/aromatic N) is 3. The highest BCUT2D eigenvalue weighted by Crippen LogP contribution is 2.20. The van der Waals surface area contributed by atoms with Crippen molar-refractivity contribution >= 4 is 11.6 Å². The van der Waals surface area contributed by atoms with E-state index < -0.39 is 0 Å². The molecule has 5 heteroatoms. The number of hydrogen-bond donors (Lipinski definition) is 1. The summed E-state index contributed by atoms with van der Waals surface area (Å²) < 4.78 is 5.43. The van der Waals surface area contributed by atoms with Gasteiger partial charge in [-0.3, -0.25) is 0 Å². The lowest BCUT2D eigenvalue weighted by Crippen LogP contribution is -2.32. The Morgan fingerprint density at radius 2 is 2.28 bits per heavy atom. The van der Waals surface area contributed by atoms with Gasteiger partial charge in [-0.2, -0.15) is 0 Å². The van der Waals surface area contributed by atoms with Crippen molar-refractivity contribution in [3.8, 4) is 0 Å². The first-order chi connectivity index (χ1) is 8.74. The van der Waals surface area contributed by atoms with Crippen LogP contribution in [-0.4, -0.2) is 42.8 Å². The normalized spacial score (nSPS) is 18.9. The minimum Gasteiger partial charge on any atom is -0.379 e. The molecule has 0 radical (unpaired) electrons. The van der Waals surface area contributed by atoms with E-state index >= 15 is 0 Å². The van der Waals surface area contributed by atoms with Crippen LogP contribution in [0.15, 0.2) is 6.07 Å². The van der Waals surface area contributed by atoms with Gasteiger partial charge in [0.2, 0.25) is 0 Å². The first kappa shape index (κ1) is 13.1. The number of anilines is 2. The van der Waals surface area contributed by atoms with Crippen molar-refractivity contribution in [2.75, 3.05) is 37.0 Å². The zero-order chi connectivity index (χ0) is 13.0. The molecule has 0 aromatic carbocycles. The molecule has 1 aromatic heterocycles. The van der Waals surface area contributed by atoms with Gasteiger partial charge in [-0.25, -0.2) is 9.97 Å². The molecule has 0 spiro atoms. The Bertz CT molecular complexity index is 391. The van der Waals surface area contributed by atoms with Crippen LogP contribution in [0.25, 0.3) is 0 Å². The van der Waals surface area contributed by atoms with Crippen molar-refractivity contribution in [2.24, 2.45) is 0 Å². The van der Waals surface area contributed by atoms with Crippen molar-refractivity contribution in [3.63, 3.8) is 0 Å². The summed E-state index contributed by atoms with van der Waals surface area (Å²) in [5.41, 5.74) is 0. The molecule has 1 saturated heterocycles. The number of aryl methyl sites for hydroxylation is 1. The van der Waals surface area contributed by atoms with Crippen LogP contribution < -0.4 is 10.2 Å². The molecule has 1 N–H and O–H groups in total. The van der Waals surface area contributed by atoms with Gasteiger partial charge in [0.1, 0.15) is 17.5 Å². The van der Waals surface area contributed by atoms with Gasteiger partial charge >= 0.3 is 0 Å². The van der Waals surface area contributed by atoms with Crippen LogP contribution in [0.1, 0.15) is 26.1 Å². The third-order valence-electron chi connectivity index (χ3n) is 3.25. The van der Waals surface area contributed by atoms with Crippen LogP contribution in [0, 0.1) is 0 Å². The molecule has 0 saturated carbocycles. The predicted molar refractivity (Wildman–Crippen MR) is 73.2 cm³/mol. The van der Waals surface area contributed by atoms with Crippen LogP contribution in [-0.2, 0) is 11.2 Å². The molecular formula is C13H22N4O. The number of rotatable bonds is 5. The Kier molecular flexibility index (Phi) is 4.36. The topological polar surface area (TPSA) is 50.3 Å². The SMILES string of the molecule is CCNc1cc(N(C)C2CCOC2)nc(CC)n1. The molecule has 1 unspecified atom stereocenters. The fourth-order valence-electron chi connectivity index (χ4n) is 2.11. The monoisotopic (exact) mass is 250 g/mol. The van der Waals surface area contributed by atoms with Crippen LogP contribution in [0.5, 0.6) is 0 Å². The second-order valence-corrected chi connectivity index (χ2v) is 4.54. The molecule has 1 aromatic rings.